The van der Waals surface area contributed by atoms with Crippen molar-refractivity contribution in [2.24, 2.45) is 5.92 Å². The molecule has 1 rings (SSSR count). The van der Waals surface area contributed by atoms with E-state index in [1.54, 1.807) is 20.0 Å². The normalized spacial score (nSPS) is 12.0. The number of halogens is 1. The lowest BCUT2D eigenvalue weighted by atomic mass is 10.1. The minimum atomic E-state index is -1.01. The van der Waals surface area contributed by atoms with Gasteiger partial charge in [-0.25, -0.2) is 4.39 Å². The topological polar surface area (TPSA) is 57.6 Å². The van der Waals surface area contributed by atoms with Crippen LogP contribution in [0.3, 0.4) is 0 Å². The molecule has 0 radical (unpaired) electrons. The lowest BCUT2D eigenvalue weighted by Gasteiger charge is -2.19. The van der Waals surface area contributed by atoms with Gasteiger partial charge in [0.2, 0.25) is 5.91 Å². The van der Waals surface area contributed by atoms with Crippen LogP contribution in [0.1, 0.15) is 18.9 Å². The zero-order valence-corrected chi connectivity index (χ0v) is 10.6. The number of aliphatic carboxylic acids is 1. The minimum absolute atomic E-state index is 0.0811. The number of carboxylic acids is 1. The Bertz CT molecular complexity index is 473. The van der Waals surface area contributed by atoms with Crippen LogP contribution >= 0.6 is 0 Å². The van der Waals surface area contributed by atoms with E-state index in [1.165, 1.54) is 24.0 Å². The molecule has 98 valence electrons. The van der Waals surface area contributed by atoms with Crippen molar-refractivity contribution in [2.45, 2.75) is 20.3 Å². The van der Waals surface area contributed by atoms with Gasteiger partial charge in [-0.15, -0.1) is 0 Å². The Morgan fingerprint density at radius 3 is 2.56 bits per heavy atom. The summed E-state index contributed by atoms with van der Waals surface area (Å²) in [5.74, 6) is -2.39. The molecule has 0 heterocycles. The first-order valence-corrected chi connectivity index (χ1v) is 5.58. The highest BCUT2D eigenvalue weighted by molar-refractivity contribution is 5.94. The number of aryl methyl sites for hydroxylation is 1. The molecule has 0 spiro atoms. The summed E-state index contributed by atoms with van der Waals surface area (Å²) < 4.78 is 13.1. The van der Waals surface area contributed by atoms with Crippen molar-refractivity contribution in [1.82, 2.24) is 0 Å². The van der Waals surface area contributed by atoms with E-state index in [9.17, 15) is 14.0 Å². The Balaban J connectivity index is 2.80. The first-order valence-electron chi connectivity index (χ1n) is 5.58. The molecule has 1 aromatic carbocycles. The fourth-order valence-corrected chi connectivity index (χ4v) is 1.47. The van der Waals surface area contributed by atoms with Crippen LogP contribution in [-0.2, 0) is 9.59 Å². The first-order chi connectivity index (χ1) is 8.32. The third-order valence-electron chi connectivity index (χ3n) is 2.81. The fraction of sp³-hybridized carbons (Fsp3) is 0.385. The van der Waals surface area contributed by atoms with Crippen LogP contribution in [0.25, 0.3) is 0 Å². The van der Waals surface area contributed by atoms with Gasteiger partial charge in [0.25, 0.3) is 0 Å². The van der Waals surface area contributed by atoms with Crippen LogP contribution < -0.4 is 4.90 Å². The van der Waals surface area contributed by atoms with E-state index in [-0.39, 0.29) is 18.1 Å². The summed E-state index contributed by atoms with van der Waals surface area (Å²) in [4.78, 5) is 23.8. The molecule has 0 saturated heterocycles. The van der Waals surface area contributed by atoms with Crippen molar-refractivity contribution >= 4 is 17.6 Å². The monoisotopic (exact) mass is 253 g/mol. The molecule has 5 heteroatoms. The summed E-state index contributed by atoms with van der Waals surface area (Å²) in [6.07, 6.45) is -0.0811. The summed E-state index contributed by atoms with van der Waals surface area (Å²) >= 11 is 0. The van der Waals surface area contributed by atoms with Crippen LogP contribution in [0.15, 0.2) is 18.2 Å². The molecular formula is C13H16FNO3. The number of benzene rings is 1. The van der Waals surface area contributed by atoms with E-state index in [4.69, 9.17) is 5.11 Å². The molecule has 0 aromatic heterocycles. The molecule has 18 heavy (non-hydrogen) atoms. The van der Waals surface area contributed by atoms with Gasteiger partial charge in [0.05, 0.1) is 5.92 Å². The van der Waals surface area contributed by atoms with Crippen molar-refractivity contribution in [3.8, 4) is 0 Å². The molecule has 0 fully saturated rings. The van der Waals surface area contributed by atoms with E-state index in [0.29, 0.717) is 11.3 Å². The van der Waals surface area contributed by atoms with Crippen LogP contribution in [0, 0.1) is 18.7 Å². The first kappa shape index (κ1) is 14.2. The molecule has 1 aromatic rings. The highest BCUT2D eigenvalue weighted by Gasteiger charge is 2.19. The zero-order valence-electron chi connectivity index (χ0n) is 10.6. The van der Waals surface area contributed by atoms with Gasteiger partial charge in [-0.2, -0.15) is 0 Å². The quantitative estimate of drug-likeness (QED) is 0.895. The number of carboxylic acid groups (broad SMARTS) is 1. The largest absolute Gasteiger partial charge is 0.481 e. The second kappa shape index (κ2) is 5.62. The number of hydrogen-bond acceptors (Lipinski definition) is 2. The maximum absolute atomic E-state index is 13.1. The van der Waals surface area contributed by atoms with Gasteiger partial charge in [-0.3, -0.25) is 9.59 Å². The predicted octanol–water partition coefficient (Wildman–Crippen LogP) is 2.21. The van der Waals surface area contributed by atoms with E-state index >= 15 is 0 Å². The maximum Gasteiger partial charge on any atom is 0.306 e. The Morgan fingerprint density at radius 1 is 1.44 bits per heavy atom. The second-order valence-electron chi connectivity index (χ2n) is 4.33. The Labute approximate surface area is 105 Å². The van der Waals surface area contributed by atoms with Crippen LogP contribution in [0.4, 0.5) is 10.1 Å². The smallest absolute Gasteiger partial charge is 0.306 e. The number of rotatable bonds is 4. The summed E-state index contributed by atoms with van der Waals surface area (Å²) in [6, 6.07) is 4.33. The standard InChI is InChI=1S/C13H16FNO3/c1-8-6-10(4-5-11(8)14)15(3)12(16)7-9(2)13(17)18/h4-6,9H,7H2,1-3H3,(H,17,18). The molecule has 1 N–H and O–H groups in total. The molecule has 0 aliphatic heterocycles. The Morgan fingerprint density at radius 2 is 2.06 bits per heavy atom. The summed E-state index contributed by atoms with van der Waals surface area (Å²) in [6.45, 7) is 3.08. The molecule has 0 bridgehead atoms. The lowest BCUT2D eigenvalue weighted by Crippen LogP contribution is -2.29. The summed E-state index contributed by atoms with van der Waals surface area (Å²) in [5.41, 5.74) is 0.995. The lowest BCUT2D eigenvalue weighted by molar-refractivity contribution is -0.143. The number of amides is 1. The molecule has 0 saturated carbocycles. The van der Waals surface area contributed by atoms with E-state index in [1.807, 2.05) is 0 Å². The molecule has 0 aliphatic carbocycles. The van der Waals surface area contributed by atoms with Crippen LogP contribution in [0.5, 0.6) is 0 Å². The van der Waals surface area contributed by atoms with Crippen molar-refractivity contribution in [3.05, 3.63) is 29.6 Å². The SMILES string of the molecule is Cc1cc(N(C)C(=O)CC(C)C(=O)O)ccc1F. The highest BCUT2D eigenvalue weighted by Crippen LogP contribution is 2.18. The minimum Gasteiger partial charge on any atom is -0.481 e. The molecule has 1 atom stereocenters. The molecule has 0 aliphatic rings. The second-order valence-corrected chi connectivity index (χ2v) is 4.33. The van der Waals surface area contributed by atoms with E-state index in [2.05, 4.69) is 0 Å². The number of anilines is 1. The van der Waals surface area contributed by atoms with Crippen molar-refractivity contribution in [1.29, 1.82) is 0 Å². The number of hydrogen-bond donors (Lipinski definition) is 1. The van der Waals surface area contributed by atoms with Gasteiger partial charge in [0, 0.05) is 19.2 Å². The predicted molar refractivity (Wildman–Crippen MR) is 66.0 cm³/mol. The van der Waals surface area contributed by atoms with Gasteiger partial charge in [-0.1, -0.05) is 6.92 Å². The zero-order chi connectivity index (χ0) is 13.9. The third kappa shape index (κ3) is 3.29. The van der Waals surface area contributed by atoms with E-state index in [0.717, 1.165) is 0 Å². The van der Waals surface area contributed by atoms with E-state index < -0.39 is 11.9 Å². The third-order valence-corrected chi connectivity index (χ3v) is 2.81. The average molecular weight is 253 g/mol. The maximum atomic E-state index is 13.1. The molecule has 1 unspecified atom stereocenters. The fourth-order valence-electron chi connectivity index (χ4n) is 1.47. The number of carbonyl (C=O) groups is 2. The van der Waals surface area contributed by atoms with Gasteiger partial charge in [0.15, 0.2) is 0 Å². The van der Waals surface area contributed by atoms with Gasteiger partial charge in [-0.05, 0) is 30.7 Å². The summed E-state index contributed by atoms with van der Waals surface area (Å²) in [7, 11) is 1.55. The van der Waals surface area contributed by atoms with Crippen molar-refractivity contribution in [3.63, 3.8) is 0 Å². The van der Waals surface area contributed by atoms with Crippen molar-refractivity contribution in [2.75, 3.05) is 11.9 Å². The average Bonchev–Trinajstić information content (AvgIpc) is 2.31. The van der Waals surface area contributed by atoms with Crippen LogP contribution in [0.2, 0.25) is 0 Å². The summed E-state index contributed by atoms with van der Waals surface area (Å²) in [5, 5.41) is 8.74. The van der Waals surface area contributed by atoms with Gasteiger partial charge in [0.1, 0.15) is 5.82 Å². The van der Waals surface area contributed by atoms with Gasteiger partial charge < -0.3 is 10.0 Å². The number of nitrogens with zero attached hydrogens (tertiary/aromatic N) is 1. The Kier molecular flexibility index (Phi) is 4.42. The Hall–Kier alpha value is -1.91. The molecule has 4 nitrogen and oxygen atoms in total. The van der Waals surface area contributed by atoms with Crippen molar-refractivity contribution < 1.29 is 19.1 Å². The van der Waals surface area contributed by atoms with Gasteiger partial charge >= 0.3 is 5.97 Å². The van der Waals surface area contributed by atoms with Crippen LogP contribution in [-0.4, -0.2) is 24.0 Å². The molecular weight excluding hydrogens is 237 g/mol. The number of carbonyl (C=O) groups excluding carboxylic acids is 1. The highest BCUT2D eigenvalue weighted by atomic mass is 19.1. The molecule has 1 amide bonds.